The van der Waals surface area contributed by atoms with Crippen molar-refractivity contribution in [3.8, 4) is 0 Å². The van der Waals surface area contributed by atoms with Gasteiger partial charge in [0.25, 0.3) is 0 Å². The number of anilines is 1. The molecule has 106 valence electrons. The average Bonchev–Trinajstić information content (AvgIpc) is 2.39. The Morgan fingerprint density at radius 2 is 2.42 bits per heavy atom. The second kappa shape index (κ2) is 7.46. The summed E-state index contributed by atoms with van der Waals surface area (Å²) in [6.07, 6.45) is 5.45. The van der Waals surface area contributed by atoms with Crippen LogP contribution in [0.5, 0.6) is 0 Å². The van der Waals surface area contributed by atoms with E-state index in [1.165, 1.54) is 19.3 Å². The number of nitrogens with one attached hydrogen (secondary N) is 1. The van der Waals surface area contributed by atoms with Gasteiger partial charge in [0.05, 0.1) is 9.50 Å². The van der Waals surface area contributed by atoms with Crippen molar-refractivity contribution in [1.29, 1.82) is 0 Å². The molecule has 1 aromatic heterocycles. The van der Waals surface area contributed by atoms with Crippen molar-refractivity contribution in [1.82, 2.24) is 10.3 Å². The summed E-state index contributed by atoms with van der Waals surface area (Å²) in [7, 11) is 0. The molecule has 1 aliphatic rings. The van der Waals surface area contributed by atoms with E-state index in [0.29, 0.717) is 10.9 Å². The highest BCUT2D eigenvalue weighted by atomic mass is 79.9. The second-order valence-electron chi connectivity index (χ2n) is 5.12. The van der Waals surface area contributed by atoms with Crippen LogP contribution in [-0.2, 0) is 0 Å². The Labute approximate surface area is 128 Å². The van der Waals surface area contributed by atoms with Crippen LogP contribution in [-0.4, -0.2) is 31.2 Å². The lowest BCUT2D eigenvalue weighted by Gasteiger charge is -2.34. The quantitative estimate of drug-likeness (QED) is 0.824. The number of rotatable bonds is 5. The molecule has 1 atom stereocenters. The fraction of sp³-hybridized carbons (Fsp3) is 0.643. The van der Waals surface area contributed by atoms with Crippen molar-refractivity contribution in [3.05, 3.63) is 21.8 Å². The lowest BCUT2D eigenvalue weighted by Crippen LogP contribution is -2.40. The molecule has 2 heterocycles. The van der Waals surface area contributed by atoms with E-state index in [2.05, 4.69) is 38.1 Å². The van der Waals surface area contributed by atoms with Crippen molar-refractivity contribution in [2.24, 2.45) is 5.92 Å². The highest BCUT2D eigenvalue weighted by molar-refractivity contribution is 9.10. The molecule has 0 radical (unpaired) electrons. The minimum absolute atomic E-state index is 0.675. The molecular formula is C14H21BrClN3. The molecule has 0 aromatic carbocycles. The van der Waals surface area contributed by atoms with Crippen LogP contribution < -0.4 is 10.2 Å². The van der Waals surface area contributed by atoms with Crippen molar-refractivity contribution in [2.45, 2.75) is 26.2 Å². The molecule has 1 fully saturated rings. The van der Waals surface area contributed by atoms with E-state index in [-0.39, 0.29) is 0 Å². The zero-order chi connectivity index (χ0) is 13.7. The van der Waals surface area contributed by atoms with E-state index in [4.69, 9.17) is 11.6 Å². The average molecular weight is 347 g/mol. The van der Waals surface area contributed by atoms with Gasteiger partial charge in [0.1, 0.15) is 5.82 Å². The highest BCUT2D eigenvalue weighted by Gasteiger charge is 2.22. The Balaban J connectivity index is 1.96. The van der Waals surface area contributed by atoms with Crippen LogP contribution in [0, 0.1) is 5.92 Å². The summed E-state index contributed by atoms with van der Waals surface area (Å²) in [5.41, 5.74) is 0. The Hall–Kier alpha value is -0.320. The summed E-state index contributed by atoms with van der Waals surface area (Å²) in [4.78, 5) is 6.82. The van der Waals surface area contributed by atoms with Crippen LogP contribution in [0.2, 0.25) is 5.02 Å². The number of halogens is 2. The monoisotopic (exact) mass is 345 g/mol. The largest absolute Gasteiger partial charge is 0.355 e. The minimum atomic E-state index is 0.675. The van der Waals surface area contributed by atoms with Crippen LogP contribution in [0.3, 0.4) is 0 Å². The number of hydrogen-bond acceptors (Lipinski definition) is 3. The zero-order valence-corrected chi connectivity index (χ0v) is 13.7. The maximum absolute atomic E-state index is 5.95. The molecule has 1 unspecified atom stereocenters. The number of hydrogen-bond donors (Lipinski definition) is 1. The predicted molar refractivity (Wildman–Crippen MR) is 85.0 cm³/mol. The maximum Gasteiger partial charge on any atom is 0.142 e. The molecule has 0 saturated carbocycles. The van der Waals surface area contributed by atoms with E-state index in [1.807, 2.05) is 6.07 Å². The second-order valence-corrected chi connectivity index (χ2v) is 6.41. The van der Waals surface area contributed by atoms with Gasteiger partial charge in [-0.1, -0.05) is 18.5 Å². The van der Waals surface area contributed by atoms with Gasteiger partial charge >= 0.3 is 0 Å². The van der Waals surface area contributed by atoms with Gasteiger partial charge in [-0.15, -0.1) is 0 Å². The van der Waals surface area contributed by atoms with Gasteiger partial charge in [-0.2, -0.15) is 0 Å². The third kappa shape index (κ3) is 4.33. The van der Waals surface area contributed by atoms with Gasteiger partial charge in [0, 0.05) is 19.3 Å². The number of aromatic nitrogens is 1. The maximum atomic E-state index is 5.95. The number of nitrogens with zero attached hydrogens (tertiary/aromatic N) is 2. The molecule has 1 aromatic rings. The molecule has 0 spiro atoms. The third-order valence-corrected chi connectivity index (χ3v) is 4.26. The Morgan fingerprint density at radius 3 is 3.16 bits per heavy atom. The molecule has 19 heavy (non-hydrogen) atoms. The summed E-state index contributed by atoms with van der Waals surface area (Å²) in [5.74, 6) is 1.73. The molecular weight excluding hydrogens is 326 g/mol. The van der Waals surface area contributed by atoms with Crippen molar-refractivity contribution < 1.29 is 0 Å². The zero-order valence-electron chi connectivity index (χ0n) is 11.3. The van der Waals surface area contributed by atoms with Gasteiger partial charge in [0.15, 0.2) is 0 Å². The summed E-state index contributed by atoms with van der Waals surface area (Å²) in [6.45, 7) is 6.57. The predicted octanol–water partition coefficient (Wildman–Crippen LogP) is 3.71. The lowest BCUT2D eigenvalue weighted by molar-refractivity contribution is 0.391. The fourth-order valence-electron chi connectivity index (χ4n) is 2.55. The topological polar surface area (TPSA) is 28.2 Å². The number of piperidine rings is 1. The number of pyridine rings is 1. The Morgan fingerprint density at radius 1 is 1.58 bits per heavy atom. The molecule has 0 aliphatic carbocycles. The molecule has 5 heteroatoms. The minimum Gasteiger partial charge on any atom is -0.355 e. The summed E-state index contributed by atoms with van der Waals surface area (Å²) < 4.78 is 0.988. The molecule has 0 bridgehead atoms. The van der Waals surface area contributed by atoms with Crippen LogP contribution in [0.4, 0.5) is 5.82 Å². The van der Waals surface area contributed by atoms with Crippen LogP contribution in [0.15, 0.2) is 16.7 Å². The first-order valence-corrected chi connectivity index (χ1v) is 8.14. The van der Waals surface area contributed by atoms with E-state index in [0.717, 1.165) is 36.5 Å². The molecule has 3 nitrogen and oxygen atoms in total. The van der Waals surface area contributed by atoms with Gasteiger partial charge in [0.2, 0.25) is 0 Å². The molecule has 1 aliphatic heterocycles. The van der Waals surface area contributed by atoms with Crippen molar-refractivity contribution in [2.75, 3.05) is 31.1 Å². The molecule has 1 N–H and O–H groups in total. The van der Waals surface area contributed by atoms with Gasteiger partial charge < -0.3 is 10.2 Å². The van der Waals surface area contributed by atoms with Crippen LogP contribution >= 0.6 is 27.5 Å². The van der Waals surface area contributed by atoms with Gasteiger partial charge in [-0.05, 0) is 60.3 Å². The summed E-state index contributed by atoms with van der Waals surface area (Å²) >= 11 is 9.51. The first-order valence-electron chi connectivity index (χ1n) is 6.97. The van der Waals surface area contributed by atoms with E-state index in [1.54, 1.807) is 6.20 Å². The van der Waals surface area contributed by atoms with Gasteiger partial charge in [-0.3, -0.25) is 0 Å². The lowest BCUT2D eigenvalue weighted by atomic mass is 9.98. The van der Waals surface area contributed by atoms with Gasteiger partial charge in [-0.25, -0.2) is 4.98 Å². The van der Waals surface area contributed by atoms with Crippen LogP contribution in [0.25, 0.3) is 0 Å². The normalized spacial score (nSPS) is 19.7. The Bertz CT molecular complexity index is 414. The van der Waals surface area contributed by atoms with E-state index >= 15 is 0 Å². The fourth-order valence-corrected chi connectivity index (χ4v) is 3.44. The molecule has 2 rings (SSSR count). The Kier molecular flexibility index (Phi) is 5.92. The summed E-state index contributed by atoms with van der Waals surface area (Å²) in [6, 6.07) is 1.92. The SMILES string of the molecule is CCCNCC1CCCN(c2ncc(Cl)cc2Br)C1. The van der Waals surface area contributed by atoms with Crippen LogP contribution in [0.1, 0.15) is 26.2 Å². The molecule has 0 amide bonds. The molecule has 1 saturated heterocycles. The summed E-state index contributed by atoms with van der Waals surface area (Å²) in [5, 5.41) is 4.20. The van der Waals surface area contributed by atoms with Crippen molar-refractivity contribution in [3.63, 3.8) is 0 Å². The van der Waals surface area contributed by atoms with Crippen molar-refractivity contribution >= 4 is 33.3 Å². The first-order chi connectivity index (χ1) is 9.20. The smallest absolute Gasteiger partial charge is 0.142 e. The van der Waals surface area contributed by atoms with E-state index < -0.39 is 0 Å². The van der Waals surface area contributed by atoms with E-state index in [9.17, 15) is 0 Å². The third-order valence-electron chi connectivity index (χ3n) is 3.47. The first kappa shape index (κ1) is 15.1. The highest BCUT2D eigenvalue weighted by Crippen LogP contribution is 2.29. The standard InChI is InChI=1S/C14H21BrClN3/c1-2-5-17-8-11-4-3-6-19(10-11)14-13(15)7-12(16)9-18-14/h7,9,11,17H,2-6,8,10H2,1H3.